The Morgan fingerprint density at radius 2 is 2.26 bits per heavy atom. The van der Waals surface area contributed by atoms with E-state index < -0.39 is 11.5 Å². The van der Waals surface area contributed by atoms with E-state index in [0.29, 0.717) is 18.1 Å². The van der Waals surface area contributed by atoms with Crippen molar-refractivity contribution in [1.82, 2.24) is 10.3 Å². The van der Waals surface area contributed by atoms with Crippen LogP contribution in [0.4, 0.5) is 0 Å². The van der Waals surface area contributed by atoms with Gasteiger partial charge in [0.1, 0.15) is 0 Å². The largest absolute Gasteiger partial charge is 0.481 e. The van der Waals surface area contributed by atoms with Crippen LogP contribution in [-0.4, -0.2) is 40.7 Å². The van der Waals surface area contributed by atoms with Crippen molar-refractivity contribution < 1.29 is 19.4 Å². The number of ether oxygens (including phenoxy) is 1. The highest BCUT2D eigenvalue weighted by Crippen LogP contribution is 2.25. The number of hydrogen-bond donors (Lipinski definition) is 3. The molecule has 0 radical (unpaired) electrons. The molecule has 3 N–H and O–H groups in total. The van der Waals surface area contributed by atoms with Gasteiger partial charge < -0.3 is 20.1 Å². The fourth-order valence-corrected chi connectivity index (χ4v) is 3.16. The molecule has 1 aliphatic rings. The lowest BCUT2D eigenvalue weighted by Crippen LogP contribution is -2.51. The highest BCUT2D eigenvalue weighted by Gasteiger charge is 2.38. The Kier molecular flexibility index (Phi) is 4.28. The third-order valence-electron chi connectivity index (χ3n) is 4.08. The number of hydrogen-bond acceptors (Lipinski definition) is 3. The van der Waals surface area contributed by atoms with E-state index in [-0.39, 0.29) is 25.4 Å². The molecular formula is C16H17ClN2O4. The molecule has 0 spiro atoms. The van der Waals surface area contributed by atoms with E-state index >= 15 is 0 Å². The number of carboxylic acids is 1. The summed E-state index contributed by atoms with van der Waals surface area (Å²) in [6, 6.07) is 5.44. The molecule has 6 nitrogen and oxygen atoms in total. The van der Waals surface area contributed by atoms with Crippen LogP contribution >= 0.6 is 11.6 Å². The number of fused-ring (bicyclic) bond motifs is 1. The Balaban J connectivity index is 1.75. The molecule has 0 bridgehead atoms. The summed E-state index contributed by atoms with van der Waals surface area (Å²) in [5, 5.41) is 13.4. The first-order valence-electron chi connectivity index (χ1n) is 7.33. The van der Waals surface area contributed by atoms with Gasteiger partial charge in [0.25, 0.3) is 0 Å². The molecule has 7 heteroatoms. The normalized spacial score (nSPS) is 20.7. The van der Waals surface area contributed by atoms with Crippen molar-refractivity contribution in [2.24, 2.45) is 0 Å². The van der Waals surface area contributed by atoms with E-state index in [9.17, 15) is 9.59 Å². The van der Waals surface area contributed by atoms with Gasteiger partial charge in [-0.25, -0.2) is 0 Å². The molecule has 3 rings (SSSR count). The number of amides is 1. The van der Waals surface area contributed by atoms with Crippen LogP contribution < -0.4 is 5.32 Å². The molecule has 1 saturated heterocycles. The van der Waals surface area contributed by atoms with Gasteiger partial charge in [-0.1, -0.05) is 11.6 Å². The Bertz CT molecular complexity index is 750. The molecule has 0 aliphatic carbocycles. The molecule has 23 heavy (non-hydrogen) atoms. The van der Waals surface area contributed by atoms with Crippen LogP contribution in [0, 0.1) is 0 Å². The number of halogens is 1. The quantitative estimate of drug-likeness (QED) is 0.780. The molecule has 1 atom stereocenters. The van der Waals surface area contributed by atoms with E-state index in [4.69, 9.17) is 21.4 Å². The average Bonchev–Trinajstić information content (AvgIpc) is 3.06. The van der Waals surface area contributed by atoms with E-state index in [1.165, 1.54) is 0 Å². The minimum atomic E-state index is -0.949. The molecule has 1 aromatic carbocycles. The number of carboxylic acid groups (broad SMARTS) is 1. The number of benzene rings is 1. The van der Waals surface area contributed by atoms with Gasteiger partial charge in [-0.2, -0.15) is 0 Å². The SMILES string of the molecule is O=C(O)CC1(NC(=O)Cc2c[nH]c3ccc(Cl)cc23)CCOC1. The maximum absolute atomic E-state index is 12.4. The van der Waals surface area contributed by atoms with Crippen LogP contribution in [0.5, 0.6) is 0 Å². The minimum Gasteiger partial charge on any atom is -0.481 e. The van der Waals surface area contributed by atoms with E-state index in [1.807, 2.05) is 12.1 Å². The Labute approximate surface area is 137 Å². The smallest absolute Gasteiger partial charge is 0.305 e. The van der Waals surface area contributed by atoms with Crippen LogP contribution in [-0.2, 0) is 20.7 Å². The summed E-state index contributed by atoms with van der Waals surface area (Å²) in [5.41, 5.74) is 0.915. The van der Waals surface area contributed by atoms with Crippen molar-refractivity contribution in [3.8, 4) is 0 Å². The summed E-state index contributed by atoms with van der Waals surface area (Å²) in [7, 11) is 0. The van der Waals surface area contributed by atoms with Crippen LogP contribution in [0.3, 0.4) is 0 Å². The fourth-order valence-electron chi connectivity index (χ4n) is 2.99. The number of aromatic amines is 1. The zero-order valence-corrected chi connectivity index (χ0v) is 13.2. The summed E-state index contributed by atoms with van der Waals surface area (Å²) in [4.78, 5) is 26.5. The Hall–Kier alpha value is -2.05. The number of aromatic nitrogens is 1. The van der Waals surface area contributed by atoms with Gasteiger partial charge >= 0.3 is 5.97 Å². The second kappa shape index (κ2) is 6.22. The van der Waals surface area contributed by atoms with Gasteiger partial charge in [0, 0.05) is 28.7 Å². The maximum Gasteiger partial charge on any atom is 0.305 e. The van der Waals surface area contributed by atoms with Crippen LogP contribution in [0.15, 0.2) is 24.4 Å². The number of rotatable bonds is 5. The van der Waals surface area contributed by atoms with Crippen molar-refractivity contribution >= 4 is 34.4 Å². The van der Waals surface area contributed by atoms with Gasteiger partial charge in [-0.15, -0.1) is 0 Å². The van der Waals surface area contributed by atoms with Crippen LogP contribution in [0.2, 0.25) is 5.02 Å². The Morgan fingerprint density at radius 3 is 2.96 bits per heavy atom. The zero-order chi connectivity index (χ0) is 16.4. The molecular weight excluding hydrogens is 320 g/mol. The molecule has 1 aromatic heterocycles. The van der Waals surface area contributed by atoms with E-state index in [0.717, 1.165) is 16.5 Å². The second-order valence-corrected chi connectivity index (χ2v) is 6.32. The number of carbonyl (C=O) groups excluding carboxylic acids is 1. The summed E-state index contributed by atoms with van der Waals surface area (Å²) in [6.07, 6.45) is 2.29. The van der Waals surface area contributed by atoms with Gasteiger partial charge in [-0.3, -0.25) is 9.59 Å². The highest BCUT2D eigenvalue weighted by molar-refractivity contribution is 6.31. The fraction of sp³-hybridized carbons (Fsp3) is 0.375. The standard InChI is InChI=1S/C16H17ClN2O4/c17-11-1-2-13-12(6-11)10(8-18-13)5-14(20)19-16(7-15(21)22)3-4-23-9-16/h1-2,6,8,18H,3-5,7,9H2,(H,19,20)(H,21,22). The van der Waals surface area contributed by atoms with Gasteiger partial charge in [0.05, 0.1) is 25.0 Å². The van der Waals surface area contributed by atoms with Crippen molar-refractivity contribution in [3.63, 3.8) is 0 Å². The summed E-state index contributed by atoms with van der Waals surface area (Å²) in [5.74, 6) is -1.17. The molecule has 1 unspecified atom stereocenters. The predicted molar refractivity (Wildman–Crippen MR) is 85.6 cm³/mol. The van der Waals surface area contributed by atoms with Crippen molar-refractivity contribution in [3.05, 3.63) is 35.0 Å². The van der Waals surface area contributed by atoms with Gasteiger partial charge in [0.2, 0.25) is 5.91 Å². The first kappa shape index (κ1) is 15.8. The number of aliphatic carboxylic acids is 1. The van der Waals surface area contributed by atoms with E-state index in [1.54, 1.807) is 12.3 Å². The highest BCUT2D eigenvalue weighted by atomic mass is 35.5. The van der Waals surface area contributed by atoms with Crippen molar-refractivity contribution in [2.75, 3.05) is 13.2 Å². The minimum absolute atomic E-state index is 0.140. The summed E-state index contributed by atoms with van der Waals surface area (Å²) < 4.78 is 5.28. The number of H-pyrrole nitrogens is 1. The zero-order valence-electron chi connectivity index (χ0n) is 12.4. The van der Waals surface area contributed by atoms with Crippen LogP contribution in [0.25, 0.3) is 10.9 Å². The second-order valence-electron chi connectivity index (χ2n) is 5.88. The van der Waals surface area contributed by atoms with Gasteiger partial charge in [0.15, 0.2) is 0 Å². The molecule has 2 aromatic rings. The summed E-state index contributed by atoms with van der Waals surface area (Å²) >= 11 is 6.00. The maximum atomic E-state index is 12.4. The lowest BCUT2D eigenvalue weighted by molar-refractivity contribution is -0.139. The third-order valence-corrected chi connectivity index (χ3v) is 4.31. The molecule has 122 valence electrons. The number of nitrogens with one attached hydrogen (secondary N) is 2. The van der Waals surface area contributed by atoms with Crippen LogP contribution in [0.1, 0.15) is 18.4 Å². The summed E-state index contributed by atoms with van der Waals surface area (Å²) in [6.45, 7) is 0.682. The average molecular weight is 337 g/mol. The topological polar surface area (TPSA) is 91.4 Å². The molecule has 0 saturated carbocycles. The molecule has 1 amide bonds. The molecule has 1 aliphatic heterocycles. The lowest BCUT2D eigenvalue weighted by Gasteiger charge is -2.27. The van der Waals surface area contributed by atoms with E-state index in [2.05, 4.69) is 10.3 Å². The van der Waals surface area contributed by atoms with Crippen molar-refractivity contribution in [2.45, 2.75) is 24.8 Å². The first-order chi connectivity index (χ1) is 11.0. The molecule has 2 heterocycles. The number of carbonyl (C=O) groups is 2. The van der Waals surface area contributed by atoms with Gasteiger partial charge in [-0.05, 0) is 30.2 Å². The first-order valence-corrected chi connectivity index (χ1v) is 7.71. The van der Waals surface area contributed by atoms with Crippen molar-refractivity contribution in [1.29, 1.82) is 0 Å². The molecule has 1 fully saturated rings. The predicted octanol–water partition coefficient (Wildman–Crippen LogP) is 2.11. The lowest BCUT2D eigenvalue weighted by atomic mass is 9.94. The third kappa shape index (κ3) is 3.48. The Morgan fingerprint density at radius 1 is 1.43 bits per heavy atom. The monoisotopic (exact) mass is 336 g/mol.